The van der Waals surface area contributed by atoms with E-state index in [1.165, 1.54) is 11.1 Å². The fourth-order valence-corrected chi connectivity index (χ4v) is 3.01. The van der Waals surface area contributed by atoms with Crippen molar-refractivity contribution in [2.45, 2.75) is 13.5 Å². The molecule has 4 rings (SSSR count). The summed E-state index contributed by atoms with van der Waals surface area (Å²) in [6, 6.07) is 22.8. The monoisotopic (exact) mass is 340 g/mol. The topological polar surface area (TPSA) is 53.6 Å². The Kier molecular flexibility index (Phi) is 4.48. The second-order valence-corrected chi connectivity index (χ2v) is 6.30. The van der Waals surface area contributed by atoms with Gasteiger partial charge in [-0.25, -0.2) is 4.98 Å². The molecule has 0 aliphatic carbocycles. The van der Waals surface area contributed by atoms with Gasteiger partial charge in [-0.15, -0.1) is 0 Å². The SMILES string of the molecule is Cc1cccc(-c2[nH]ncc2-c2ccnc(NCc3ccccc3)c2)c1. The van der Waals surface area contributed by atoms with Crippen LogP contribution in [0.5, 0.6) is 0 Å². The largest absolute Gasteiger partial charge is 0.366 e. The van der Waals surface area contributed by atoms with Crippen LogP contribution in [0.25, 0.3) is 22.4 Å². The van der Waals surface area contributed by atoms with E-state index in [1.807, 2.05) is 36.7 Å². The maximum atomic E-state index is 4.44. The zero-order valence-corrected chi connectivity index (χ0v) is 14.6. The molecule has 0 radical (unpaired) electrons. The molecule has 26 heavy (non-hydrogen) atoms. The van der Waals surface area contributed by atoms with E-state index < -0.39 is 0 Å². The molecule has 0 spiro atoms. The standard InChI is InChI=1S/C22H20N4/c1-16-6-5-9-19(12-16)22-20(15-25-26-22)18-10-11-23-21(13-18)24-14-17-7-3-2-4-8-17/h2-13,15H,14H2,1H3,(H,23,24)(H,25,26). The Balaban J connectivity index is 1.60. The van der Waals surface area contributed by atoms with Crippen LogP contribution in [0.3, 0.4) is 0 Å². The predicted octanol–water partition coefficient (Wildman–Crippen LogP) is 5.06. The third kappa shape index (κ3) is 3.49. The summed E-state index contributed by atoms with van der Waals surface area (Å²) in [5.74, 6) is 0.850. The van der Waals surface area contributed by atoms with Crippen LogP contribution in [-0.2, 0) is 6.54 Å². The van der Waals surface area contributed by atoms with E-state index in [-0.39, 0.29) is 0 Å². The number of aromatic amines is 1. The Morgan fingerprint density at radius 3 is 2.65 bits per heavy atom. The zero-order chi connectivity index (χ0) is 17.8. The van der Waals surface area contributed by atoms with Crippen LogP contribution in [0.15, 0.2) is 79.1 Å². The van der Waals surface area contributed by atoms with Crippen molar-refractivity contribution in [3.05, 3.63) is 90.3 Å². The van der Waals surface area contributed by atoms with E-state index in [4.69, 9.17) is 0 Å². The minimum atomic E-state index is 0.743. The Labute approximate surface area is 152 Å². The number of pyridine rings is 1. The van der Waals surface area contributed by atoms with E-state index in [0.717, 1.165) is 34.7 Å². The van der Waals surface area contributed by atoms with Crippen LogP contribution in [0.2, 0.25) is 0 Å². The first-order chi connectivity index (χ1) is 12.8. The summed E-state index contributed by atoms with van der Waals surface area (Å²) in [5.41, 5.74) is 6.76. The molecule has 4 heteroatoms. The van der Waals surface area contributed by atoms with Gasteiger partial charge in [0.2, 0.25) is 0 Å². The molecule has 0 aliphatic heterocycles. The highest BCUT2D eigenvalue weighted by atomic mass is 15.1. The van der Waals surface area contributed by atoms with Crippen molar-refractivity contribution in [3.8, 4) is 22.4 Å². The summed E-state index contributed by atoms with van der Waals surface area (Å²) in [5, 5.41) is 10.8. The number of anilines is 1. The number of hydrogen-bond donors (Lipinski definition) is 2. The first kappa shape index (κ1) is 16.1. The second kappa shape index (κ2) is 7.23. The van der Waals surface area contributed by atoms with Crippen molar-refractivity contribution in [1.82, 2.24) is 15.2 Å². The van der Waals surface area contributed by atoms with Gasteiger partial charge < -0.3 is 5.32 Å². The van der Waals surface area contributed by atoms with Crippen LogP contribution in [-0.4, -0.2) is 15.2 Å². The molecular formula is C22H20N4. The minimum Gasteiger partial charge on any atom is -0.366 e. The summed E-state index contributed by atoms with van der Waals surface area (Å²) < 4.78 is 0. The van der Waals surface area contributed by atoms with E-state index in [1.54, 1.807) is 0 Å². The van der Waals surface area contributed by atoms with Gasteiger partial charge in [0.1, 0.15) is 5.82 Å². The number of rotatable bonds is 5. The average molecular weight is 340 g/mol. The first-order valence-electron chi connectivity index (χ1n) is 8.64. The van der Waals surface area contributed by atoms with Gasteiger partial charge in [0, 0.05) is 23.9 Å². The lowest BCUT2D eigenvalue weighted by Crippen LogP contribution is -2.01. The lowest BCUT2D eigenvalue weighted by Gasteiger charge is -2.08. The quantitative estimate of drug-likeness (QED) is 0.534. The van der Waals surface area contributed by atoms with Gasteiger partial charge in [-0.3, -0.25) is 5.10 Å². The highest BCUT2D eigenvalue weighted by Crippen LogP contribution is 2.31. The molecule has 2 aromatic carbocycles. The van der Waals surface area contributed by atoms with Gasteiger partial charge in [-0.1, -0.05) is 54.1 Å². The number of H-pyrrole nitrogens is 1. The molecular weight excluding hydrogens is 320 g/mol. The molecule has 0 saturated heterocycles. The predicted molar refractivity (Wildman–Crippen MR) is 106 cm³/mol. The fourth-order valence-electron chi connectivity index (χ4n) is 3.01. The van der Waals surface area contributed by atoms with E-state index in [2.05, 4.69) is 69.9 Å². The highest BCUT2D eigenvalue weighted by molar-refractivity contribution is 5.81. The molecule has 2 aromatic heterocycles. The number of aryl methyl sites for hydroxylation is 1. The normalized spacial score (nSPS) is 10.7. The van der Waals surface area contributed by atoms with Crippen LogP contribution in [0.1, 0.15) is 11.1 Å². The third-order valence-corrected chi connectivity index (χ3v) is 4.33. The van der Waals surface area contributed by atoms with E-state index >= 15 is 0 Å². The lowest BCUT2D eigenvalue weighted by molar-refractivity contribution is 1.09. The van der Waals surface area contributed by atoms with Gasteiger partial charge in [0.05, 0.1) is 11.9 Å². The summed E-state index contributed by atoms with van der Waals surface area (Å²) >= 11 is 0. The number of nitrogens with one attached hydrogen (secondary N) is 2. The van der Waals surface area contributed by atoms with Crippen LogP contribution in [0.4, 0.5) is 5.82 Å². The van der Waals surface area contributed by atoms with Crippen molar-refractivity contribution < 1.29 is 0 Å². The van der Waals surface area contributed by atoms with Crippen molar-refractivity contribution in [2.75, 3.05) is 5.32 Å². The maximum absolute atomic E-state index is 4.44. The Morgan fingerprint density at radius 1 is 0.923 bits per heavy atom. The molecule has 4 aromatic rings. The Bertz CT molecular complexity index is 1010. The van der Waals surface area contributed by atoms with E-state index in [0.29, 0.717) is 0 Å². The molecule has 0 amide bonds. The minimum absolute atomic E-state index is 0.743. The fraction of sp³-hybridized carbons (Fsp3) is 0.0909. The van der Waals surface area contributed by atoms with Gasteiger partial charge in [-0.05, 0) is 36.2 Å². The molecule has 0 fully saturated rings. The van der Waals surface area contributed by atoms with Gasteiger partial charge >= 0.3 is 0 Å². The molecule has 4 nitrogen and oxygen atoms in total. The van der Waals surface area contributed by atoms with Crippen LogP contribution < -0.4 is 5.32 Å². The molecule has 0 saturated carbocycles. The van der Waals surface area contributed by atoms with Crippen molar-refractivity contribution >= 4 is 5.82 Å². The molecule has 0 atom stereocenters. The maximum Gasteiger partial charge on any atom is 0.126 e. The molecule has 2 heterocycles. The number of benzene rings is 2. The van der Waals surface area contributed by atoms with Crippen LogP contribution >= 0.6 is 0 Å². The van der Waals surface area contributed by atoms with Crippen molar-refractivity contribution in [3.63, 3.8) is 0 Å². The number of aromatic nitrogens is 3. The van der Waals surface area contributed by atoms with Crippen molar-refractivity contribution in [1.29, 1.82) is 0 Å². The molecule has 0 bridgehead atoms. The summed E-state index contributed by atoms with van der Waals surface area (Å²) in [6.45, 7) is 2.84. The van der Waals surface area contributed by atoms with Crippen molar-refractivity contribution in [2.24, 2.45) is 0 Å². The summed E-state index contributed by atoms with van der Waals surface area (Å²) in [4.78, 5) is 4.44. The lowest BCUT2D eigenvalue weighted by atomic mass is 10.0. The first-order valence-corrected chi connectivity index (χ1v) is 8.64. The Hall–Kier alpha value is -3.40. The molecule has 0 aliphatic rings. The number of nitrogens with zero attached hydrogens (tertiary/aromatic N) is 2. The van der Waals surface area contributed by atoms with Crippen LogP contribution in [0, 0.1) is 6.92 Å². The smallest absolute Gasteiger partial charge is 0.126 e. The zero-order valence-electron chi connectivity index (χ0n) is 14.6. The average Bonchev–Trinajstić information content (AvgIpc) is 3.17. The van der Waals surface area contributed by atoms with E-state index in [9.17, 15) is 0 Å². The van der Waals surface area contributed by atoms with Gasteiger partial charge in [-0.2, -0.15) is 5.10 Å². The highest BCUT2D eigenvalue weighted by Gasteiger charge is 2.11. The second-order valence-electron chi connectivity index (χ2n) is 6.30. The summed E-state index contributed by atoms with van der Waals surface area (Å²) in [7, 11) is 0. The van der Waals surface area contributed by atoms with Gasteiger partial charge in [0.25, 0.3) is 0 Å². The molecule has 2 N–H and O–H groups in total. The number of hydrogen-bond acceptors (Lipinski definition) is 3. The summed E-state index contributed by atoms with van der Waals surface area (Å²) in [6.07, 6.45) is 3.70. The third-order valence-electron chi connectivity index (χ3n) is 4.33. The van der Waals surface area contributed by atoms with Gasteiger partial charge in [0.15, 0.2) is 0 Å². The Morgan fingerprint density at radius 2 is 1.81 bits per heavy atom. The molecule has 0 unspecified atom stereocenters. The molecule has 128 valence electrons.